The van der Waals surface area contributed by atoms with Crippen LogP contribution in [0.1, 0.15) is 100 Å². The van der Waals surface area contributed by atoms with Crippen LogP contribution in [0, 0.1) is 13.8 Å². The van der Waals surface area contributed by atoms with E-state index in [1.165, 1.54) is 46.5 Å². The fraction of sp³-hybridized carbons (Fsp3) is 0.391. The number of cyclic esters (lactones) is 2. The number of benzene rings is 2. The van der Waals surface area contributed by atoms with Gasteiger partial charge in [-0.2, -0.15) is 9.36 Å². The van der Waals surface area contributed by atoms with Crippen molar-refractivity contribution >= 4 is 23.8 Å². The zero-order chi connectivity index (χ0) is 49.1. The summed E-state index contributed by atoms with van der Waals surface area (Å²) in [4.78, 5) is 60.6. The number of aliphatic hydroxyl groups excluding tert-OH is 2. The number of ether oxygens (including phenoxy) is 2. The minimum atomic E-state index is -1.30. The van der Waals surface area contributed by atoms with E-state index in [1.807, 2.05) is 23.6 Å². The summed E-state index contributed by atoms with van der Waals surface area (Å²) in [6.45, 7) is 5.79. The minimum Gasteiger partial charge on any atom is -0.457 e. The Kier molecular flexibility index (Phi) is 14.0. The zero-order valence-electron chi connectivity index (χ0n) is 37.9. The number of likely N-dealkylation sites (tertiary alicyclic amines) is 2. The van der Waals surface area contributed by atoms with Crippen molar-refractivity contribution in [2.24, 2.45) is 0 Å². The van der Waals surface area contributed by atoms with E-state index in [4.69, 9.17) is 9.47 Å². The van der Waals surface area contributed by atoms with Gasteiger partial charge >= 0.3 is 11.9 Å². The number of amides is 2. The second-order valence-electron chi connectivity index (χ2n) is 17.4. The van der Waals surface area contributed by atoms with Crippen LogP contribution in [0.4, 0.5) is 8.78 Å². The average Bonchev–Trinajstić information content (AvgIpc) is 4.22. The summed E-state index contributed by atoms with van der Waals surface area (Å²) >= 11 is 0. The number of carbonyl (C=O) groups excluding carboxylic acids is 4. The predicted molar refractivity (Wildman–Crippen MR) is 239 cm³/mol. The molecular weight excluding hydrogens is 915 g/mol. The van der Waals surface area contributed by atoms with E-state index in [9.17, 15) is 38.2 Å². The number of tetrazole rings is 2. The Morgan fingerprint density at radius 2 is 1.10 bits per heavy atom. The third-order valence-electron chi connectivity index (χ3n) is 13.1. The maximum atomic E-state index is 14.9. The van der Waals surface area contributed by atoms with Gasteiger partial charge in [-0.1, -0.05) is 12.1 Å². The molecule has 70 heavy (non-hydrogen) atoms. The van der Waals surface area contributed by atoms with E-state index >= 15 is 0 Å². The molecule has 0 radical (unpaired) electrons. The van der Waals surface area contributed by atoms with Gasteiger partial charge in [-0.15, -0.1) is 10.2 Å². The van der Waals surface area contributed by atoms with Crippen LogP contribution in [-0.2, 0) is 22.7 Å². The van der Waals surface area contributed by atoms with Gasteiger partial charge in [0.05, 0.1) is 59.2 Å². The molecular formula is C46H48F2N14O8. The van der Waals surface area contributed by atoms with E-state index in [0.717, 1.165) is 22.3 Å². The molecule has 4 aromatic heterocycles. The maximum absolute atomic E-state index is 14.9. The molecule has 2 amide bonds. The molecule has 4 aliphatic rings. The summed E-state index contributed by atoms with van der Waals surface area (Å²) < 4.78 is 42.8. The average molecular weight is 963 g/mol. The highest BCUT2D eigenvalue weighted by Crippen LogP contribution is 2.32. The number of aromatic nitrogens is 10. The Morgan fingerprint density at radius 1 is 0.671 bits per heavy atom. The van der Waals surface area contributed by atoms with Crippen molar-refractivity contribution in [2.75, 3.05) is 39.3 Å². The van der Waals surface area contributed by atoms with Crippen molar-refractivity contribution in [3.05, 3.63) is 129 Å². The molecule has 24 heteroatoms. The highest BCUT2D eigenvalue weighted by atomic mass is 19.1. The molecule has 0 aliphatic carbocycles. The number of rotatable bonds is 12. The quantitative estimate of drug-likeness (QED) is 0.127. The molecule has 4 aliphatic heterocycles. The van der Waals surface area contributed by atoms with Crippen LogP contribution in [-0.4, -0.2) is 158 Å². The van der Waals surface area contributed by atoms with Gasteiger partial charge in [0.2, 0.25) is 0 Å². The molecule has 2 saturated heterocycles. The molecule has 0 bridgehead atoms. The molecule has 2 fully saturated rings. The van der Waals surface area contributed by atoms with Crippen molar-refractivity contribution in [3.63, 3.8) is 0 Å². The maximum Gasteiger partial charge on any atom is 0.338 e. The normalized spacial score (nSPS) is 20.8. The number of halogens is 2. The van der Waals surface area contributed by atoms with Gasteiger partial charge in [-0.3, -0.25) is 19.4 Å². The number of nitrogens with zero attached hydrogens (tertiary/aromatic N) is 12. The lowest BCUT2D eigenvalue weighted by Gasteiger charge is -2.36. The molecule has 364 valence electrons. The van der Waals surface area contributed by atoms with Gasteiger partial charge in [-0.05, 0) is 106 Å². The van der Waals surface area contributed by atoms with Crippen LogP contribution in [0.5, 0.6) is 0 Å². The van der Waals surface area contributed by atoms with Crippen molar-refractivity contribution < 1.29 is 47.6 Å². The summed E-state index contributed by atoms with van der Waals surface area (Å²) in [7, 11) is 0. The van der Waals surface area contributed by atoms with Crippen molar-refractivity contribution in [1.29, 1.82) is 0 Å². The number of hydrogen-bond acceptors (Lipinski definition) is 18. The summed E-state index contributed by atoms with van der Waals surface area (Å²) in [6, 6.07) is 11.8. The SMILES string of the molecule is Cc1c([C@@H](O)CN2CC[C@@H](NC(=O)c3ccc(-n4cnnn4)cn3)[C@@H](F)C2)ccc2c1COC2=O.Cc1c([C@@H](O)CN2CC[C@H](NC(=O)c3ccc(-n4cnnn4)cn3)[C@H](F)C2)ccc2c1COC2=O. The number of fused-ring (bicyclic) bond motifs is 2. The Balaban J connectivity index is 0.000000174. The summed E-state index contributed by atoms with van der Waals surface area (Å²) in [5.74, 6) is -1.63. The van der Waals surface area contributed by atoms with Crippen molar-refractivity contribution in [1.82, 2.24) is 70.8 Å². The highest BCUT2D eigenvalue weighted by molar-refractivity contribution is 5.95. The number of carbonyl (C=O) groups is 4. The van der Waals surface area contributed by atoms with Gasteiger partial charge in [-0.25, -0.2) is 28.3 Å². The fourth-order valence-electron chi connectivity index (χ4n) is 9.09. The van der Waals surface area contributed by atoms with E-state index in [2.05, 4.69) is 51.7 Å². The first-order valence-corrected chi connectivity index (χ1v) is 22.5. The lowest BCUT2D eigenvalue weighted by molar-refractivity contribution is 0.0522. The van der Waals surface area contributed by atoms with Crippen LogP contribution >= 0.6 is 0 Å². The van der Waals surface area contributed by atoms with Crippen molar-refractivity contribution in [3.8, 4) is 11.4 Å². The van der Waals surface area contributed by atoms with E-state index in [0.29, 0.717) is 59.6 Å². The zero-order valence-corrected chi connectivity index (χ0v) is 37.9. The molecule has 8 heterocycles. The largest absolute Gasteiger partial charge is 0.457 e. The molecule has 0 saturated carbocycles. The molecule has 6 atom stereocenters. The summed E-state index contributed by atoms with van der Waals surface area (Å²) in [5, 5.41) is 48.8. The topological polar surface area (TPSA) is 271 Å². The van der Waals surface area contributed by atoms with Crippen LogP contribution in [0.25, 0.3) is 11.4 Å². The van der Waals surface area contributed by atoms with Crippen LogP contribution in [0.15, 0.2) is 73.6 Å². The minimum absolute atomic E-state index is 0.0826. The van der Waals surface area contributed by atoms with Gasteiger partial charge < -0.3 is 30.3 Å². The lowest BCUT2D eigenvalue weighted by Crippen LogP contribution is -2.53. The van der Waals surface area contributed by atoms with E-state index < -0.39 is 48.4 Å². The van der Waals surface area contributed by atoms with Crippen LogP contribution in [0.3, 0.4) is 0 Å². The van der Waals surface area contributed by atoms with Gasteiger partial charge in [0, 0.05) is 50.4 Å². The molecule has 0 spiro atoms. The van der Waals surface area contributed by atoms with Crippen LogP contribution < -0.4 is 10.6 Å². The molecule has 6 aromatic rings. The first-order chi connectivity index (χ1) is 33.8. The van der Waals surface area contributed by atoms with Crippen LogP contribution in [0.2, 0.25) is 0 Å². The van der Waals surface area contributed by atoms with E-state index in [-0.39, 0.29) is 62.7 Å². The Labute approximate surface area is 398 Å². The predicted octanol–water partition coefficient (Wildman–Crippen LogP) is 1.82. The van der Waals surface area contributed by atoms with Gasteiger partial charge in [0.1, 0.15) is 49.6 Å². The molecule has 10 rings (SSSR count). The third kappa shape index (κ3) is 10.2. The Morgan fingerprint density at radius 3 is 1.46 bits per heavy atom. The Bertz CT molecular complexity index is 2660. The smallest absolute Gasteiger partial charge is 0.338 e. The Hall–Kier alpha value is -7.54. The molecule has 22 nitrogen and oxygen atoms in total. The molecule has 4 N–H and O–H groups in total. The summed E-state index contributed by atoms with van der Waals surface area (Å²) in [5.41, 5.74) is 7.19. The monoisotopic (exact) mass is 962 g/mol. The number of nitrogens with one attached hydrogen (secondary N) is 2. The first-order valence-electron chi connectivity index (χ1n) is 22.5. The van der Waals surface area contributed by atoms with Gasteiger partial charge in [0.15, 0.2) is 0 Å². The highest BCUT2D eigenvalue weighted by Gasteiger charge is 2.35. The molecule has 2 aromatic carbocycles. The number of pyridine rings is 2. The first kappa shape index (κ1) is 47.5. The number of esters is 2. The summed E-state index contributed by atoms with van der Waals surface area (Å²) in [6.07, 6.45) is 2.28. The number of hydrogen-bond donors (Lipinski definition) is 4. The third-order valence-corrected chi connectivity index (χ3v) is 13.1. The second-order valence-corrected chi connectivity index (χ2v) is 17.4. The van der Waals surface area contributed by atoms with Gasteiger partial charge in [0.25, 0.3) is 11.8 Å². The number of aliphatic hydroxyl groups is 2. The van der Waals surface area contributed by atoms with E-state index in [1.54, 1.807) is 36.4 Å². The fourth-order valence-corrected chi connectivity index (χ4v) is 9.09. The number of piperidine rings is 2. The molecule has 0 unspecified atom stereocenters. The lowest BCUT2D eigenvalue weighted by atomic mass is 9.94. The number of β-amino-alcohol motifs (C(OH)–C–C–N with tert-alkyl or cyclic N) is 2. The van der Waals surface area contributed by atoms with Crippen molar-refractivity contribution in [2.45, 2.75) is 76.5 Å². The second kappa shape index (κ2) is 20.6. The number of alkyl halides is 2. The standard InChI is InChI=1S/2C23H24FN7O4/c2*1-13-15(3-4-16-17(13)11-35-23(16)34)21(32)10-30-7-6-19(18(24)9-30)27-22(33)20-5-2-14(8-25-20)31-12-26-28-29-31/h2*2-5,8,12,18-19,21,32H,6-7,9-11H2,1H3,(H,27,33)/t18-,19+,21+;18-,19+,21-/m10/s1.